The fourth-order valence-electron chi connectivity index (χ4n) is 1.69. The summed E-state index contributed by atoms with van der Waals surface area (Å²) in [5.41, 5.74) is 3.10. The Balaban J connectivity index is 2.40. The lowest BCUT2D eigenvalue weighted by molar-refractivity contribution is 0.0518. The van der Waals surface area contributed by atoms with Gasteiger partial charge in [-0.1, -0.05) is 29.8 Å². The Morgan fingerprint density at radius 3 is 2.53 bits per heavy atom. The smallest absolute Gasteiger partial charge is 0.357 e. The monoisotopic (exact) mass is 256 g/mol. The van der Waals surface area contributed by atoms with E-state index in [1.807, 2.05) is 31.2 Å². The topological polar surface area (TPSA) is 52.1 Å². The first-order valence-electron chi connectivity index (χ1n) is 6.19. The molecular weight excluding hydrogens is 240 g/mol. The Kier molecular flexibility index (Phi) is 3.90. The SMILES string of the molecule is CCOC(=O)c1nc(-c2ccc(C)cc2)ncc1C. The van der Waals surface area contributed by atoms with E-state index in [1.165, 1.54) is 5.56 Å². The molecule has 4 nitrogen and oxygen atoms in total. The molecule has 2 rings (SSSR count). The summed E-state index contributed by atoms with van der Waals surface area (Å²) in [5, 5.41) is 0. The lowest BCUT2D eigenvalue weighted by Gasteiger charge is -2.06. The molecule has 0 amide bonds. The summed E-state index contributed by atoms with van der Waals surface area (Å²) < 4.78 is 4.99. The maximum Gasteiger partial charge on any atom is 0.357 e. The highest BCUT2D eigenvalue weighted by Gasteiger charge is 2.14. The van der Waals surface area contributed by atoms with Crippen LogP contribution in [0.4, 0.5) is 0 Å². The molecule has 0 fully saturated rings. The quantitative estimate of drug-likeness (QED) is 0.792. The number of ether oxygens (including phenoxy) is 1. The summed E-state index contributed by atoms with van der Waals surface area (Å²) in [6.45, 7) is 5.92. The van der Waals surface area contributed by atoms with Crippen LogP contribution in [0.1, 0.15) is 28.5 Å². The average molecular weight is 256 g/mol. The second-order valence-electron chi connectivity index (χ2n) is 4.31. The number of esters is 1. The molecule has 0 aliphatic rings. The molecule has 1 aromatic heterocycles. The zero-order valence-corrected chi connectivity index (χ0v) is 11.3. The Hall–Kier alpha value is -2.23. The van der Waals surface area contributed by atoms with E-state index in [4.69, 9.17) is 4.74 Å². The molecule has 0 unspecified atom stereocenters. The number of benzene rings is 1. The second-order valence-corrected chi connectivity index (χ2v) is 4.31. The van der Waals surface area contributed by atoms with Crippen LogP contribution in [0.2, 0.25) is 0 Å². The average Bonchev–Trinajstić information content (AvgIpc) is 2.40. The third-order valence-electron chi connectivity index (χ3n) is 2.75. The van der Waals surface area contributed by atoms with Crippen LogP contribution in [0.5, 0.6) is 0 Å². The van der Waals surface area contributed by atoms with Crippen LogP contribution in [-0.4, -0.2) is 22.5 Å². The van der Waals surface area contributed by atoms with Gasteiger partial charge >= 0.3 is 5.97 Å². The first-order chi connectivity index (χ1) is 9.11. The van der Waals surface area contributed by atoms with Crippen molar-refractivity contribution in [3.05, 3.63) is 47.3 Å². The lowest BCUT2D eigenvalue weighted by atomic mass is 10.1. The predicted molar refractivity (Wildman–Crippen MR) is 72.9 cm³/mol. The lowest BCUT2D eigenvalue weighted by Crippen LogP contribution is -2.10. The van der Waals surface area contributed by atoms with Crippen molar-refractivity contribution in [3.63, 3.8) is 0 Å². The third-order valence-corrected chi connectivity index (χ3v) is 2.75. The van der Waals surface area contributed by atoms with Gasteiger partial charge in [-0.3, -0.25) is 0 Å². The van der Waals surface area contributed by atoms with Gasteiger partial charge in [0.15, 0.2) is 11.5 Å². The van der Waals surface area contributed by atoms with E-state index in [2.05, 4.69) is 9.97 Å². The van der Waals surface area contributed by atoms with Crippen molar-refractivity contribution in [1.29, 1.82) is 0 Å². The summed E-state index contributed by atoms with van der Waals surface area (Å²) in [4.78, 5) is 20.4. The molecule has 0 spiro atoms. The van der Waals surface area contributed by atoms with Crippen molar-refractivity contribution in [3.8, 4) is 11.4 Å². The van der Waals surface area contributed by atoms with Crippen LogP contribution in [0, 0.1) is 13.8 Å². The second kappa shape index (κ2) is 5.61. The first-order valence-corrected chi connectivity index (χ1v) is 6.19. The van der Waals surface area contributed by atoms with E-state index in [1.54, 1.807) is 20.0 Å². The van der Waals surface area contributed by atoms with Crippen molar-refractivity contribution in [1.82, 2.24) is 9.97 Å². The molecule has 19 heavy (non-hydrogen) atoms. The van der Waals surface area contributed by atoms with Crippen molar-refractivity contribution in [2.75, 3.05) is 6.61 Å². The Morgan fingerprint density at radius 2 is 1.89 bits per heavy atom. The molecule has 0 atom stereocenters. The Morgan fingerprint density at radius 1 is 1.21 bits per heavy atom. The van der Waals surface area contributed by atoms with Crippen LogP contribution < -0.4 is 0 Å². The van der Waals surface area contributed by atoms with Crippen molar-refractivity contribution in [2.24, 2.45) is 0 Å². The van der Waals surface area contributed by atoms with Crippen molar-refractivity contribution in [2.45, 2.75) is 20.8 Å². The number of rotatable bonds is 3. The van der Waals surface area contributed by atoms with E-state index in [0.29, 0.717) is 23.7 Å². The number of hydrogen-bond acceptors (Lipinski definition) is 4. The minimum Gasteiger partial charge on any atom is -0.461 e. The number of carbonyl (C=O) groups excluding carboxylic acids is 1. The molecule has 0 aliphatic heterocycles. The highest BCUT2D eigenvalue weighted by molar-refractivity contribution is 5.89. The molecule has 2 aromatic rings. The van der Waals surface area contributed by atoms with Gasteiger partial charge < -0.3 is 4.74 Å². The predicted octanol–water partition coefficient (Wildman–Crippen LogP) is 2.94. The number of hydrogen-bond donors (Lipinski definition) is 0. The van der Waals surface area contributed by atoms with Crippen LogP contribution in [-0.2, 0) is 4.74 Å². The van der Waals surface area contributed by atoms with Gasteiger partial charge in [0.25, 0.3) is 0 Å². The van der Waals surface area contributed by atoms with Gasteiger partial charge in [-0.25, -0.2) is 14.8 Å². The Bertz CT molecular complexity index is 592. The molecule has 1 aromatic carbocycles. The summed E-state index contributed by atoms with van der Waals surface area (Å²) >= 11 is 0. The van der Waals surface area contributed by atoms with E-state index >= 15 is 0 Å². The van der Waals surface area contributed by atoms with E-state index in [-0.39, 0.29) is 0 Å². The fourth-order valence-corrected chi connectivity index (χ4v) is 1.69. The molecule has 0 radical (unpaired) electrons. The number of aryl methyl sites for hydroxylation is 2. The fraction of sp³-hybridized carbons (Fsp3) is 0.267. The van der Waals surface area contributed by atoms with E-state index in [9.17, 15) is 4.79 Å². The normalized spacial score (nSPS) is 10.3. The van der Waals surface area contributed by atoms with E-state index < -0.39 is 5.97 Å². The minimum atomic E-state index is -0.407. The molecule has 0 bridgehead atoms. The highest BCUT2D eigenvalue weighted by Crippen LogP contribution is 2.17. The van der Waals surface area contributed by atoms with Crippen LogP contribution in [0.3, 0.4) is 0 Å². The van der Waals surface area contributed by atoms with Gasteiger partial charge in [0, 0.05) is 17.3 Å². The minimum absolute atomic E-state index is 0.326. The largest absolute Gasteiger partial charge is 0.461 e. The molecule has 1 heterocycles. The molecule has 0 saturated carbocycles. The van der Waals surface area contributed by atoms with Gasteiger partial charge in [-0.2, -0.15) is 0 Å². The molecule has 0 N–H and O–H groups in total. The van der Waals surface area contributed by atoms with Crippen molar-refractivity contribution < 1.29 is 9.53 Å². The molecular formula is C15H16N2O2. The Labute approximate surface area is 112 Å². The molecule has 0 saturated heterocycles. The third kappa shape index (κ3) is 2.96. The highest BCUT2D eigenvalue weighted by atomic mass is 16.5. The molecule has 4 heteroatoms. The van der Waals surface area contributed by atoms with Crippen LogP contribution in [0.25, 0.3) is 11.4 Å². The summed E-state index contributed by atoms with van der Waals surface area (Å²) in [7, 11) is 0. The number of carbonyl (C=O) groups is 1. The standard InChI is InChI=1S/C15H16N2O2/c1-4-19-15(18)13-11(3)9-16-14(17-13)12-7-5-10(2)6-8-12/h5-9H,4H2,1-3H3. The van der Waals surface area contributed by atoms with Gasteiger partial charge in [0.1, 0.15) is 0 Å². The summed E-state index contributed by atoms with van der Waals surface area (Å²) in [6, 6.07) is 7.86. The van der Waals surface area contributed by atoms with Gasteiger partial charge in [0.05, 0.1) is 6.61 Å². The van der Waals surface area contributed by atoms with Crippen LogP contribution >= 0.6 is 0 Å². The maximum absolute atomic E-state index is 11.8. The zero-order valence-electron chi connectivity index (χ0n) is 11.3. The van der Waals surface area contributed by atoms with Crippen molar-refractivity contribution >= 4 is 5.97 Å². The molecule has 0 aliphatic carbocycles. The summed E-state index contributed by atoms with van der Waals surface area (Å²) in [5.74, 6) is 0.129. The molecule has 98 valence electrons. The van der Waals surface area contributed by atoms with Crippen LogP contribution in [0.15, 0.2) is 30.5 Å². The zero-order chi connectivity index (χ0) is 13.8. The number of nitrogens with zero attached hydrogens (tertiary/aromatic N) is 2. The maximum atomic E-state index is 11.8. The first kappa shape index (κ1) is 13.2. The van der Waals surface area contributed by atoms with Gasteiger partial charge in [-0.05, 0) is 20.8 Å². The van der Waals surface area contributed by atoms with Gasteiger partial charge in [0.2, 0.25) is 0 Å². The van der Waals surface area contributed by atoms with Gasteiger partial charge in [-0.15, -0.1) is 0 Å². The summed E-state index contributed by atoms with van der Waals surface area (Å²) in [6.07, 6.45) is 1.65. The number of aromatic nitrogens is 2. The van der Waals surface area contributed by atoms with E-state index in [0.717, 1.165) is 5.56 Å².